The molecule has 10 heteroatoms. The molecule has 1 aliphatic heterocycles. The van der Waals surface area contributed by atoms with Gasteiger partial charge in [-0.1, -0.05) is 0 Å². The third kappa shape index (κ3) is 3.61. The van der Waals surface area contributed by atoms with Gasteiger partial charge in [-0.2, -0.15) is 0 Å². The molecule has 1 rings (SSSR count). The fourth-order valence-electron chi connectivity index (χ4n) is 0.758. The summed E-state index contributed by atoms with van der Waals surface area (Å²) in [5, 5.41) is 5.37. The summed E-state index contributed by atoms with van der Waals surface area (Å²) in [5.74, 6) is 0.414. The Balaban J connectivity index is 2.60. The minimum absolute atomic E-state index is 0.299. The van der Waals surface area contributed by atoms with E-state index in [0.717, 1.165) is 11.4 Å². The van der Waals surface area contributed by atoms with Gasteiger partial charge in [-0.25, -0.2) is 5.01 Å². The highest BCUT2D eigenvalue weighted by molar-refractivity contribution is 8.73. The molecule has 0 radical (unpaired) electrons. The van der Waals surface area contributed by atoms with E-state index in [1.165, 1.54) is 38.1 Å². The summed E-state index contributed by atoms with van der Waals surface area (Å²) < 4.78 is 14.9. The normalized spacial score (nSPS) is 16.2. The second kappa shape index (κ2) is 6.23. The number of carbonyl (C=O) groups excluding carboxylic acids is 1. The third-order valence-corrected chi connectivity index (χ3v) is 7.49. The lowest BCUT2D eigenvalue weighted by Crippen LogP contribution is -2.17. The van der Waals surface area contributed by atoms with Crippen LogP contribution in [0.5, 0.6) is 0 Å². The number of rotatable bonds is 3. The van der Waals surface area contributed by atoms with E-state index in [1.54, 1.807) is 0 Å². The van der Waals surface area contributed by atoms with Gasteiger partial charge in [0, 0.05) is 25.6 Å². The third-order valence-electron chi connectivity index (χ3n) is 1.54. The Morgan fingerprint density at radius 3 is 2.62 bits per heavy atom. The largest absolute Gasteiger partial charge is 0.475 e. The van der Waals surface area contributed by atoms with Crippen LogP contribution in [0.3, 0.4) is 0 Å². The highest BCUT2D eigenvalue weighted by Gasteiger charge is 2.29. The number of carbonyl (C=O) groups is 1. The van der Waals surface area contributed by atoms with Gasteiger partial charge in [0.15, 0.2) is 0 Å². The number of amides is 1. The second-order valence-electron chi connectivity index (χ2n) is 2.41. The molecule has 0 saturated heterocycles. The number of methoxy groups -OCH3 is 1. The Kier molecular flexibility index (Phi) is 5.55. The fourth-order valence-corrected chi connectivity index (χ4v) is 4.09. The molecule has 0 bridgehead atoms. The second-order valence-corrected chi connectivity index (χ2v) is 9.59. The van der Waals surface area contributed by atoms with E-state index < -0.39 is 5.69 Å². The van der Waals surface area contributed by atoms with Crippen molar-refractivity contribution in [2.45, 2.75) is 0 Å². The SMILES string of the molecule is COC1=NN(C(=O)SP(=S)(OC)OC)CS1. The van der Waals surface area contributed by atoms with E-state index in [0.29, 0.717) is 11.1 Å². The number of thioether (sulfide) groups is 1. The average Bonchev–Trinajstić information content (AvgIpc) is 2.77. The highest BCUT2D eigenvalue weighted by atomic mass is 32.9. The molecule has 0 spiro atoms. The Bertz CT molecular complexity index is 343. The molecular formula is C6H11N2O4PS3. The van der Waals surface area contributed by atoms with Crippen molar-refractivity contribution in [2.75, 3.05) is 27.2 Å². The number of hydrogen-bond acceptors (Lipinski definition) is 8. The molecule has 92 valence electrons. The van der Waals surface area contributed by atoms with E-state index >= 15 is 0 Å². The van der Waals surface area contributed by atoms with Crippen molar-refractivity contribution in [3.8, 4) is 0 Å². The minimum Gasteiger partial charge on any atom is -0.475 e. The number of nitrogens with zero attached hydrogens (tertiary/aromatic N) is 2. The van der Waals surface area contributed by atoms with Crippen LogP contribution in [0.4, 0.5) is 4.79 Å². The maximum absolute atomic E-state index is 11.8. The van der Waals surface area contributed by atoms with Crippen molar-refractivity contribution in [1.82, 2.24) is 5.01 Å². The summed E-state index contributed by atoms with van der Waals surface area (Å²) in [6.45, 7) is 0. The van der Waals surface area contributed by atoms with Gasteiger partial charge in [0.2, 0.25) is 0 Å². The first kappa shape index (κ1) is 14.3. The summed E-state index contributed by atoms with van der Waals surface area (Å²) in [5.41, 5.74) is -2.58. The highest BCUT2D eigenvalue weighted by Crippen LogP contribution is 2.60. The molecule has 6 nitrogen and oxygen atoms in total. The van der Waals surface area contributed by atoms with Crippen LogP contribution in [0.15, 0.2) is 5.10 Å². The number of hydrazone groups is 1. The van der Waals surface area contributed by atoms with Gasteiger partial charge in [0.25, 0.3) is 10.9 Å². The Hall–Kier alpha value is 0.210. The van der Waals surface area contributed by atoms with Gasteiger partial charge >= 0.3 is 5.24 Å². The average molecular weight is 302 g/mol. The Labute approximate surface area is 107 Å². The van der Waals surface area contributed by atoms with Crippen LogP contribution in [0.1, 0.15) is 0 Å². The zero-order chi connectivity index (χ0) is 12.2. The molecule has 0 aliphatic carbocycles. The molecule has 16 heavy (non-hydrogen) atoms. The lowest BCUT2D eigenvalue weighted by Gasteiger charge is -2.17. The van der Waals surface area contributed by atoms with Crippen LogP contribution in [-0.4, -0.2) is 42.7 Å². The lowest BCUT2D eigenvalue weighted by molar-refractivity contribution is 0.233. The maximum Gasteiger partial charge on any atom is 0.311 e. The van der Waals surface area contributed by atoms with Gasteiger partial charge in [0.1, 0.15) is 5.88 Å². The van der Waals surface area contributed by atoms with Crippen LogP contribution in [0.2, 0.25) is 0 Å². The summed E-state index contributed by atoms with van der Waals surface area (Å²) in [6, 6.07) is 0. The van der Waals surface area contributed by atoms with Crippen molar-refractivity contribution in [1.29, 1.82) is 0 Å². The van der Waals surface area contributed by atoms with Crippen LogP contribution < -0.4 is 0 Å². The van der Waals surface area contributed by atoms with Crippen molar-refractivity contribution in [2.24, 2.45) is 5.10 Å². The van der Waals surface area contributed by atoms with Gasteiger partial charge < -0.3 is 13.8 Å². The first-order valence-electron chi connectivity index (χ1n) is 4.02. The molecule has 0 aromatic rings. The zero-order valence-electron chi connectivity index (χ0n) is 8.91. The summed E-state index contributed by atoms with van der Waals surface area (Å²) in [6.07, 6.45) is 0. The molecular weight excluding hydrogens is 291 g/mol. The maximum atomic E-state index is 11.8. The van der Waals surface area contributed by atoms with E-state index in [2.05, 4.69) is 5.10 Å². The molecule has 1 heterocycles. The van der Waals surface area contributed by atoms with Crippen LogP contribution in [-0.2, 0) is 25.6 Å². The van der Waals surface area contributed by atoms with E-state index in [-0.39, 0.29) is 5.24 Å². The monoisotopic (exact) mass is 302 g/mol. The van der Waals surface area contributed by atoms with E-state index in [4.69, 9.17) is 25.6 Å². The van der Waals surface area contributed by atoms with Gasteiger partial charge in [-0.3, -0.25) is 4.79 Å². The van der Waals surface area contributed by atoms with Gasteiger partial charge in [0.05, 0.1) is 7.11 Å². The fraction of sp³-hybridized carbons (Fsp3) is 0.667. The lowest BCUT2D eigenvalue weighted by atomic mass is 11.1. The number of hydrogen-bond donors (Lipinski definition) is 0. The standard InChI is InChI=1S/C6H11N2O4PS3/c1-10-5-7-8(4-15-5)6(9)16-13(14,11-2)12-3/h4H2,1-3H3. The van der Waals surface area contributed by atoms with Crippen molar-refractivity contribution in [3.05, 3.63) is 0 Å². The molecule has 0 N–H and O–H groups in total. The van der Waals surface area contributed by atoms with Gasteiger partial charge in [-0.15, -0.1) is 5.10 Å². The predicted molar refractivity (Wildman–Crippen MR) is 70.0 cm³/mol. The molecule has 1 amide bonds. The van der Waals surface area contributed by atoms with E-state index in [1.807, 2.05) is 0 Å². The molecule has 0 atom stereocenters. The molecule has 0 aromatic carbocycles. The topological polar surface area (TPSA) is 60.4 Å². The molecule has 0 aromatic heterocycles. The molecule has 1 aliphatic rings. The Morgan fingerprint density at radius 2 is 2.19 bits per heavy atom. The Morgan fingerprint density at radius 1 is 1.56 bits per heavy atom. The quantitative estimate of drug-likeness (QED) is 0.741. The molecule has 0 fully saturated rings. The van der Waals surface area contributed by atoms with Crippen molar-refractivity contribution >= 4 is 51.1 Å². The summed E-state index contributed by atoms with van der Waals surface area (Å²) in [7, 11) is 4.35. The first-order valence-corrected chi connectivity index (χ1v) is 9.07. The number of ether oxygens (including phenoxy) is 1. The molecule has 0 unspecified atom stereocenters. The van der Waals surface area contributed by atoms with Crippen LogP contribution >= 0.6 is 28.8 Å². The summed E-state index contributed by atoms with van der Waals surface area (Å²) >= 11 is 7.26. The van der Waals surface area contributed by atoms with Crippen molar-refractivity contribution < 1.29 is 18.6 Å². The summed E-state index contributed by atoms with van der Waals surface area (Å²) in [4.78, 5) is 11.8. The predicted octanol–water partition coefficient (Wildman–Crippen LogP) is 2.28. The van der Waals surface area contributed by atoms with Crippen LogP contribution in [0, 0.1) is 0 Å². The first-order chi connectivity index (χ1) is 7.54. The molecule has 0 saturated carbocycles. The minimum atomic E-state index is -2.58. The van der Waals surface area contributed by atoms with Crippen molar-refractivity contribution in [3.63, 3.8) is 0 Å². The van der Waals surface area contributed by atoms with Gasteiger partial charge in [-0.05, 0) is 23.6 Å². The van der Waals surface area contributed by atoms with Crippen LogP contribution in [0.25, 0.3) is 0 Å². The van der Waals surface area contributed by atoms with E-state index in [9.17, 15) is 4.79 Å². The smallest absolute Gasteiger partial charge is 0.311 e. The zero-order valence-corrected chi connectivity index (χ0v) is 12.3.